The van der Waals surface area contributed by atoms with E-state index >= 15 is 0 Å². The lowest BCUT2D eigenvalue weighted by Gasteiger charge is -2.53. The van der Waals surface area contributed by atoms with Crippen LogP contribution in [-0.2, 0) is 37.3 Å². The second kappa shape index (κ2) is 10.4. The second-order valence-electron chi connectivity index (χ2n) is 13.2. The van der Waals surface area contributed by atoms with E-state index in [0.29, 0.717) is 25.6 Å². The van der Waals surface area contributed by atoms with E-state index in [2.05, 4.69) is 43.3 Å². The number of aryl methyl sites for hydroxylation is 3. The first-order valence-corrected chi connectivity index (χ1v) is 14.1. The molecule has 3 heterocycles. The quantitative estimate of drug-likeness (QED) is 0.455. The van der Waals surface area contributed by atoms with Gasteiger partial charge in [0, 0.05) is 5.56 Å². The summed E-state index contributed by atoms with van der Waals surface area (Å²) in [4.78, 5) is 32.4. The van der Waals surface area contributed by atoms with Crippen molar-refractivity contribution < 1.29 is 33.3 Å². The number of aliphatic imine (C=N–C) groups is 1. The molecular weight excluding hydrogens is 524 g/mol. The molecule has 2 amide bonds. The summed E-state index contributed by atoms with van der Waals surface area (Å²) in [6.45, 7) is 13.8. The van der Waals surface area contributed by atoms with Gasteiger partial charge in [0.05, 0.1) is 18.6 Å². The molecule has 1 fully saturated rings. The molecule has 2 aromatic carbocycles. The molecule has 9 heteroatoms. The van der Waals surface area contributed by atoms with Crippen LogP contribution in [0.1, 0.15) is 63.8 Å². The van der Waals surface area contributed by atoms with Gasteiger partial charge in [-0.2, -0.15) is 0 Å². The minimum absolute atomic E-state index is 0.117. The van der Waals surface area contributed by atoms with Crippen molar-refractivity contribution in [1.29, 1.82) is 0 Å². The largest absolute Gasteiger partial charge is 0.492 e. The number of ether oxygens (including phenoxy) is 5. The molecule has 0 aliphatic carbocycles. The van der Waals surface area contributed by atoms with Crippen molar-refractivity contribution in [2.75, 3.05) is 26.4 Å². The van der Waals surface area contributed by atoms with Crippen molar-refractivity contribution >= 4 is 18.2 Å². The van der Waals surface area contributed by atoms with E-state index in [1.807, 2.05) is 6.07 Å². The highest BCUT2D eigenvalue weighted by molar-refractivity contribution is 6.06. The molecule has 220 valence electrons. The van der Waals surface area contributed by atoms with Crippen molar-refractivity contribution in [2.45, 2.75) is 78.0 Å². The maximum atomic E-state index is 13.3. The Morgan fingerprint density at radius 2 is 1.49 bits per heavy atom. The number of amides is 2. The highest BCUT2D eigenvalue weighted by Gasteiger charge is 2.65. The zero-order chi connectivity index (χ0) is 29.6. The topological polar surface area (TPSA) is 95.9 Å². The van der Waals surface area contributed by atoms with Gasteiger partial charge in [0.25, 0.3) is 0 Å². The highest BCUT2D eigenvalue weighted by Crippen LogP contribution is 2.56. The SMILES string of the molecule is Cc1cccc(CCc2ccc3c(c2)C2(COC(N(C(=O)OC(C)(C)C)C(=O)OC(C)(C)C)=N2)C2(COC2)CO3)c1. The van der Waals surface area contributed by atoms with Crippen LogP contribution in [0.15, 0.2) is 47.5 Å². The Balaban J connectivity index is 1.53. The number of hydrogen-bond acceptors (Lipinski definition) is 8. The van der Waals surface area contributed by atoms with Crippen LogP contribution >= 0.6 is 0 Å². The average molecular weight is 565 g/mol. The van der Waals surface area contributed by atoms with Gasteiger partial charge < -0.3 is 23.7 Å². The number of hydrogen-bond donors (Lipinski definition) is 0. The molecule has 0 saturated carbocycles. The van der Waals surface area contributed by atoms with Gasteiger partial charge in [-0.15, -0.1) is 4.90 Å². The van der Waals surface area contributed by atoms with E-state index < -0.39 is 34.3 Å². The summed E-state index contributed by atoms with van der Waals surface area (Å²) in [6.07, 6.45) is -0.116. The Bertz CT molecular complexity index is 1340. The summed E-state index contributed by atoms with van der Waals surface area (Å²) in [7, 11) is 0. The lowest BCUT2D eigenvalue weighted by molar-refractivity contribution is -0.185. The third-order valence-corrected chi connectivity index (χ3v) is 7.45. The van der Waals surface area contributed by atoms with Gasteiger partial charge in [-0.3, -0.25) is 0 Å². The van der Waals surface area contributed by atoms with Crippen molar-refractivity contribution in [3.8, 4) is 5.75 Å². The Morgan fingerprint density at radius 3 is 2.05 bits per heavy atom. The normalized spacial score (nSPS) is 20.8. The lowest BCUT2D eigenvalue weighted by atomic mass is 9.64. The molecule has 1 saturated heterocycles. The fourth-order valence-corrected chi connectivity index (χ4v) is 5.40. The summed E-state index contributed by atoms with van der Waals surface area (Å²) in [5.41, 5.74) is 1.36. The van der Waals surface area contributed by atoms with E-state index in [4.69, 9.17) is 28.7 Å². The molecule has 2 spiro atoms. The van der Waals surface area contributed by atoms with Crippen LogP contribution in [0.2, 0.25) is 0 Å². The summed E-state index contributed by atoms with van der Waals surface area (Å²) in [5.74, 6) is 0.705. The molecule has 0 N–H and O–H groups in total. The van der Waals surface area contributed by atoms with Crippen LogP contribution in [0.25, 0.3) is 0 Å². The van der Waals surface area contributed by atoms with Crippen LogP contribution in [0.5, 0.6) is 5.75 Å². The van der Waals surface area contributed by atoms with Crippen LogP contribution in [0, 0.1) is 12.3 Å². The van der Waals surface area contributed by atoms with Crippen LogP contribution in [-0.4, -0.2) is 60.7 Å². The molecule has 9 nitrogen and oxygen atoms in total. The number of rotatable bonds is 3. The van der Waals surface area contributed by atoms with E-state index in [-0.39, 0.29) is 12.6 Å². The van der Waals surface area contributed by atoms with Gasteiger partial charge >= 0.3 is 18.2 Å². The number of amidine groups is 1. The minimum Gasteiger partial charge on any atom is -0.492 e. The maximum absolute atomic E-state index is 13.3. The molecule has 1 unspecified atom stereocenters. The van der Waals surface area contributed by atoms with Crippen LogP contribution in [0.4, 0.5) is 9.59 Å². The van der Waals surface area contributed by atoms with E-state index in [1.165, 1.54) is 11.1 Å². The molecule has 3 aliphatic heterocycles. The summed E-state index contributed by atoms with van der Waals surface area (Å²) >= 11 is 0. The van der Waals surface area contributed by atoms with Crippen LogP contribution < -0.4 is 4.74 Å². The zero-order valence-electron chi connectivity index (χ0n) is 25.0. The van der Waals surface area contributed by atoms with Crippen LogP contribution in [0.3, 0.4) is 0 Å². The first-order chi connectivity index (χ1) is 19.2. The number of carbonyl (C=O) groups excluding carboxylic acids is 2. The number of benzene rings is 2. The lowest BCUT2D eigenvalue weighted by Crippen LogP contribution is -2.63. The van der Waals surface area contributed by atoms with Gasteiger partial charge in [-0.1, -0.05) is 35.9 Å². The first kappa shape index (κ1) is 28.9. The summed E-state index contributed by atoms with van der Waals surface area (Å²) < 4.78 is 29.1. The van der Waals surface area contributed by atoms with E-state index in [0.717, 1.165) is 28.9 Å². The number of imide groups is 1. The van der Waals surface area contributed by atoms with E-state index in [1.54, 1.807) is 41.5 Å². The predicted molar refractivity (Wildman–Crippen MR) is 153 cm³/mol. The zero-order valence-corrected chi connectivity index (χ0v) is 25.0. The molecule has 41 heavy (non-hydrogen) atoms. The fraction of sp³-hybridized carbons (Fsp3) is 0.531. The molecule has 3 aliphatic rings. The third kappa shape index (κ3) is 5.77. The average Bonchev–Trinajstić information content (AvgIpc) is 3.25. The molecule has 5 rings (SSSR count). The second-order valence-corrected chi connectivity index (χ2v) is 13.2. The Labute approximate surface area is 241 Å². The molecule has 0 bridgehead atoms. The van der Waals surface area contributed by atoms with Crippen molar-refractivity contribution in [3.05, 3.63) is 64.7 Å². The summed E-state index contributed by atoms with van der Waals surface area (Å²) in [6, 6.07) is 14.5. The number of carbonyl (C=O) groups is 2. The first-order valence-electron chi connectivity index (χ1n) is 14.1. The van der Waals surface area contributed by atoms with Gasteiger partial charge in [0.15, 0.2) is 0 Å². The Morgan fingerprint density at radius 1 is 0.854 bits per heavy atom. The molecule has 1 atom stereocenters. The van der Waals surface area contributed by atoms with Crippen molar-refractivity contribution in [2.24, 2.45) is 10.4 Å². The Kier molecular flexibility index (Phi) is 7.30. The van der Waals surface area contributed by atoms with Crippen molar-refractivity contribution in [3.63, 3.8) is 0 Å². The molecule has 2 aromatic rings. The molecular formula is C32H40N2O7. The number of fused-ring (bicyclic) bond motifs is 3. The number of nitrogens with zero attached hydrogens (tertiary/aromatic N) is 2. The van der Waals surface area contributed by atoms with E-state index in [9.17, 15) is 9.59 Å². The maximum Gasteiger partial charge on any atom is 0.428 e. The monoisotopic (exact) mass is 564 g/mol. The standard InChI is InChI=1S/C32H40N2O7/c1-21-9-8-10-22(15-21)11-12-23-13-14-25-24(16-23)32(31(19-38-25)17-37-18-31)20-39-26(33-32)34(27(35)40-29(2,3)4)28(36)41-30(5,6)7/h8-10,13-16H,11-12,17-20H2,1-7H3. The molecule has 0 radical (unpaired) electrons. The van der Waals surface area contributed by atoms with Gasteiger partial charge in [0.1, 0.15) is 35.7 Å². The van der Waals surface area contributed by atoms with Gasteiger partial charge in [0.2, 0.25) is 0 Å². The Hall–Kier alpha value is -3.59. The highest BCUT2D eigenvalue weighted by atomic mass is 16.6. The van der Waals surface area contributed by atoms with Crippen molar-refractivity contribution in [1.82, 2.24) is 4.90 Å². The minimum atomic E-state index is -0.921. The fourth-order valence-electron chi connectivity index (χ4n) is 5.40. The van der Waals surface area contributed by atoms with Gasteiger partial charge in [-0.25, -0.2) is 14.6 Å². The van der Waals surface area contributed by atoms with Gasteiger partial charge in [-0.05, 0) is 84.6 Å². The smallest absolute Gasteiger partial charge is 0.428 e. The predicted octanol–water partition coefficient (Wildman–Crippen LogP) is 5.94. The summed E-state index contributed by atoms with van der Waals surface area (Å²) in [5, 5.41) is 0. The molecule has 0 aromatic heterocycles. The third-order valence-electron chi connectivity index (χ3n) is 7.45.